The highest BCUT2D eigenvalue weighted by molar-refractivity contribution is 6.32. The average Bonchev–Trinajstić information content (AvgIpc) is 3.13. The zero-order valence-corrected chi connectivity index (χ0v) is 15.3. The smallest absolute Gasteiger partial charge is 0.253 e. The Balaban J connectivity index is 1.58. The van der Waals surface area contributed by atoms with Crippen molar-refractivity contribution in [1.29, 1.82) is 0 Å². The fourth-order valence-corrected chi connectivity index (χ4v) is 3.48. The van der Waals surface area contributed by atoms with Gasteiger partial charge >= 0.3 is 0 Å². The number of amides is 2. The van der Waals surface area contributed by atoms with Crippen molar-refractivity contribution in [2.75, 3.05) is 18.9 Å². The molecule has 0 bridgehead atoms. The maximum atomic E-state index is 12.9. The fourth-order valence-electron chi connectivity index (χ4n) is 3.26. The van der Waals surface area contributed by atoms with Crippen LogP contribution in [0.25, 0.3) is 5.69 Å². The van der Waals surface area contributed by atoms with E-state index >= 15 is 0 Å². The minimum atomic E-state index is -0.450. The van der Waals surface area contributed by atoms with Crippen LogP contribution in [0, 0.1) is 0 Å². The summed E-state index contributed by atoms with van der Waals surface area (Å²) >= 11 is 6.20. The van der Waals surface area contributed by atoms with Crippen molar-refractivity contribution < 1.29 is 9.59 Å². The first-order valence-corrected chi connectivity index (χ1v) is 8.88. The molecule has 27 heavy (non-hydrogen) atoms. The standard InChI is InChI=1S/C20H17ClN4O2/c1-24-12-15(13-6-2-3-7-14(13)20(24)27)19(26)22-18-10-11-25(23-18)17-9-5-4-8-16(17)21/h2-11,15H,12H2,1H3,(H,22,23,26). The van der Waals surface area contributed by atoms with Crippen molar-refractivity contribution in [3.8, 4) is 5.69 Å². The first-order chi connectivity index (χ1) is 13.0. The van der Waals surface area contributed by atoms with Gasteiger partial charge in [0.05, 0.1) is 16.6 Å². The third-order valence-electron chi connectivity index (χ3n) is 4.63. The second kappa shape index (κ2) is 6.89. The van der Waals surface area contributed by atoms with Gasteiger partial charge in [-0.2, -0.15) is 5.10 Å². The second-order valence-electron chi connectivity index (χ2n) is 6.41. The highest BCUT2D eigenvalue weighted by Gasteiger charge is 2.33. The summed E-state index contributed by atoms with van der Waals surface area (Å²) in [6.07, 6.45) is 1.74. The number of hydrogen-bond donors (Lipinski definition) is 1. The largest absolute Gasteiger partial charge is 0.341 e. The molecule has 7 heteroatoms. The number of fused-ring (bicyclic) bond motifs is 1. The number of anilines is 1. The van der Waals surface area contributed by atoms with Gasteiger partial charge in [-0.3, -0.25) is 9.59 Å². The van der Waals surface area contributed by atoms with Crippen molar-refractivity contribution in [3.05, 3.63) is 76.9 Å². The minimum Gasteiger partial charge on any atom is -0.341 e. The van der Waals surface area contributed by atoms with Crippen LogP contribution in [-0.2, 0) is 4.79 Å². The lowest BCUT2D eigenvalue weighted by molar-refractivity contribution is -0.118. The molecule has 1 unspecified atom stereocenters. The van der Waals surface area contributed by atoms with Gasteiger partial charge in [0.15, 0.2) is 5.82 Å². The Hall–Kier alpha value is -3.12. The van der Waals surface area contributed by atoms with Crippen LogP contribution in [0.2, 0.25) is 5.02 Å². The molecule has 136 valence electrons. The van der Waals surface area contributed by atoms with Crippen molar-refractivity contribution in [2.45, 2.75) is 5.92 Å². The topological polar surface area (TPSA) is 67.2 Å². The van der Waals surface area contributed by atoms with Crippen LogP contribution in [0.3, 0.4) is 0 Å². The Bertz CT molecular complexity index is 1030. The molecule has 2 aromatic carbocycles. The SMILES string of the molecule is CN1CC(C(=O)Nc2ccn(-c3ccccc3Cl)n2)c2ccccc2C1=O. The van der Waals surface area contributed by atoms with Gasteiger partial charge in [-0.25, -0.2) is 4.68 Å². The first kappa shape index (κ1) is 17.3. The quantitative estimate of drug-likeness (QED) is 0.757. The number of carbonyl (C=O) groups excluding carboxylic acids is 2. The summed E-state index contributed by atoms with van der Waals surface area (Å²) in [4.78, 5) is 26.7. The number of halogens is 1. The molecule has 4 rings (SSSR count). The summed E-state index contributed by atoms with van der Waals surface area (Å²) in [5.74, 6) is -0.296. The highest BCUT2D eigenvalue weighted by Crippen LogP contribution is 2.28. The number of aromatic nitrogens is 2. The van der Waals surface area contributed by atoms with Crippen LogP contribution in [-0.4, -0.2) is 40.1 Å². The van der Waals surface area contributed by atoms with E-state index in [1.165, 1.54) is 0 Å². The molecule has 1 N–H and O–H groups in total. The first-order valence-electron chi connectivity index (χ1n) is 8.50. The Kier molecular flexibility index (Phi) is 4.41. The minimum absolute atomic E-state index is 0.0716. The maximum Gasteiger partial charge on any atom is 0.253 e. The molecule has 0 radical (unpaired) electrons. The predicted octanol–water partition coefficient (Wildman–Crippen LogP) is 3.33. The molecule has 6 nitrogen and oxygen atoms in total. The van der Waals surface area contributed by atoms with Crippen LogP contribution in [0.4, 0.5) is 5.82 Å². The molecular formula is C20H17ClN4O2. The van der Waals surface area contributed by atoms with Crippen LogP contribution in [0.15, 0.2) is 60.8 Å². The molecule has 1 aliphatic rings. The number of likely N-dealkylation sites (N-methyl/N-ethyl adjacent to an activating group) is 1. The Morgan fingerprint density at radius 1 is 1.15 bits per heavy atom. The van der Waals surface area contributed by atoms with E-state index in [-0.39, 0.29) is 11.8 Å². The van der Waals surface area contributed by atoms with Crippen LogP contribution < -0.4 is 5.32 Å². The van der Waals surface area contributed by atoms with E-state index in [0.29, 0.717) is 22.9 Å². The van der Waals surface area contributed by atoms with E-state index in [1.807, 2.05) is 30.3 Å². The monoisotopic (exact) mass is 380 g/mol. The summed E-state index contributed by atoms with van der Waals surface area (Å²) < 4.78 is 1.61. The van der Waals surface area contributed by atoms with Crippen molar-refractivity contribution >= 4 is 29.2 Å². The van der Waals surface area contributed by atoms with Gasteiger partial charge < -0.3 is 10.2 Å². The molecule has 3 aromatic rings. The molecule has 1 aromatic heterocycles. The lowest BCUT2D eigenvalue weighted by atomic mass is 9.89. The van der Waals surface area contributed by atoms with Gasteiger partial charge in [-0.1, -0.05) is 41.9 Å². The molecule has 0 saturated carbocycles. The third-order valence-corrected chi connectivity index (χ3v) is 4.95. The number of rotatable bonds is 3. The van der Waals surface area contributed by atoms with Gasteiger partial charge in [-0.05, 0) is 23.8 Å². The highest BCUT2D eigenvalue weighted by atomic mass is 35.5. The molecule has 2 amide bonds. The van der Waals surface area contributed by atoms with E-state index in [0.717, 1.165) is 11.3 Å². The molecule has 2 heterocycles. The lowest BCUT2D eigenvalue weighted by Gasteiger charge is -2.30. The Labute approximate surface area is 161 Å². The Morgan fingerprint density at radius 2 is 1.89 bits per heavy atom. The molecule has 0 fully saturated rings. The molecule has 1 aliphatic heterocycles. The summed E-state index contributed by atoms with van der Waals surface area (Å²) in [7, 11) is 1.70. The number of benzene rings is 2. The summed E-state index contributed by atoms with van der Waals surface area (Å²) in [6, 6.07) is 16.3. The van der Waals surface area contributed by atoms with Gasteiger partial charge in [0.25, 0.3) is 5.91 Å². The van der Waals surface area contributed by atoms with E-state index < -0.39 is 5.92 Å². The normalized spacial score (nSPS) is 16.1. The number of hydrogen-bond acceptors (Lipinski definition) is 3. The second-order valence-corrected chi connectivity index (χ2v) is 6.82. The van der Waals surface area contributed by atoms with E-state index in [4.69, 9.17) is 11.6 Å². The summed E-state index contributed by atoms with van der Waals surface area (Å²) in [5.41, 5.74) is 2.03. The zero-order chi connectivity index (χ0) is 19.0. The van der Waals surface area contributed by atoms with Gasteiger partial charge in [0.1, 0.15) is 0 Å². The Morgan fingerprint density at radius 3 is 2.70 bits per heavy atom. The van der Waals surface area contributed by atoms with E-state index in [9.17, 15) is 9.59 Å². The summed E-state index contributed by atoms with van der Waals surface area (Å²) in [5, 5.41) is 7.80. The molecule has 0 aliphatic carbocycles. The van der Waals surface area contributed by atoms with Gasteiger partial charge in [0, 0.05) is 31.4 Å². The number of carbonyl (C=O) groups is 2. The summed E-state index contributed by atoms with van der Waals surface area (Å²) in [6.45, 7) is 0.326. The van der Waals surface area contributed by atoms with E-state index in [2.05, 4.69) is 10.4 Å². The third kappa shape index (κ3) is 3.19. The zero-order valence-electron chi connectivity index (χ0n) is 14.6. The van der Waals surface area contributed by atoms with Crippen molar-refractivity contribution in [2.24, 2.45) is 0 Å². The average molecular weight is 381 g/mol. The number of nitrogens with one attached hydrogen (secondary N) is 1. The van der Waals surface area contributed by atoms with Crippen LogP contribution in [0.5, 0.6) is 0 Å². The van der Waals surface area contributed by atoms with Crippen LogP contribution in [0.1, 0.15) is 21.8 Å². The van der Waals surface area contributed by atoms with Crippen molar-refractivity contribution in [3.63, 3.8) is 0 Å². The van der Waals surface area contributed by atoms with Crippen molar-refractivity contribution in [1.82, 2.24) is 14.7 Å². The van der Waals surface area contributed by atoms with Gasteiger partial charge in [-0.15, -0.1) is 0 Å². The number of nitrogens with zero attached hydrogens (tertiary/aromatic N) is 3. The fraction of sp³-hybridized carbons (Fsp3) is 0.150. The number of para-hydroxylation sites is 1. The lowest BCUT2D eigenvalue weighted by Crippen LogP contribution is -2.41. The molecule has 0 spiro atoms. The van der Waals surface area contributed by atoms with E-state index in [1.54, 1.807) is 47.1 Å². The molecule has 1 atom stereocenters. The van der Waals surface area contributed by atoms with Crippen LogP contribution >= 0.6 is 11.6 Å². The molecular weight excluding hydrogens is 364 g/mol. The predicted molar refractivity (Wildman–Crippen MR) is 103 cm³/mol. The maximum absolute atomic E-state index is 12.9. The van der Waals surface area contributed by atoms with Gasteiger partial charge in [0.2, 0.25) is 5.91 Å². The molecule has 0 saturated heterocycles.